The molecular weight excluding hydrogens is 484 g/mol. The zero-order valence-corrected chi connectivity index (χ0v) is 19.9. The van der Waals surface area contributed by atoms with Crippen LogP contribution in [0.2, 0.25) is 0 Å². The SMILES string of the molecule is CCC1SC(=O)N(Cc2ccc(NC(=O)C(=O)OC)cc2)N=C1c1ccc(OC(F)F)c(OC)c1. The quantitative estimate of drug-likeness (QED) is 0.420. The fourth-order valence-corrected chi connectivity index (χ4v) is 4.19. The van der Waals surface area contributed by atoms with Crippen LogP contribution >= 0.6 is 11.8 Å². The number of methoxy groups -OCH3 is 2. The first kappa shape index (κ1) is 25.9. The molecule has 2 aromatic rings. The van der Waals surface area contributed by atoms with Crippen molar-refractivity contribution in [3.8, 4) is 11.5 Å². The van der Waals surface area contributed by atoms with Crippen LogP contribution in [0.25, 0.3) is 0 Å². The highest BCUT2D eigenvalue weighted by atomic mass is 32.2. The number of benzene rings is 2. The van der Waals surface area contributed by atoms with E-state index in [2.05, 4.69) is 19.9 Å². The third kappa shape index (κ3) is 6.47. The summed E-state index contributed by atoms with van der Waals surface area (Å²) in [4.78, 5) is 35.6. The van der Waals surface area contributed by atoms with E-state index in [1.54, 1.807) is 36.4 Å². The number of hydrogen-bond acceptors (Lipinski definition) is 8. The zero-order valence-electron chi connectivity index (χ0n) is 19.1. The highest BCUT2D eigenvalue weighted by Crippen LogP contribution is 2.34. The standard InChI is InChI=1S/C23H23F2N3O6S/c1-4-18-19(14-7-10-16(34-22(24)25)17(11-14)32-2)27-28(23(31)35-18)12-13-5-8-15(9-6-13)26-20(29)21(30)33-3/h5-11,18,22H,4,12H2,1-3H3,(H,26,29). The van der Waals surface area contributed by atoms with Gasteiger partial charge >= 0.3 is 23.7 Å². The van der Waals surface area contributed by atoms with E-state index in [1.807, 2.05) is 6.92 Å². The van der Waals surface area contributed by atoms with Gasteiger partial charge in [-0.3, -0.25) is 9.59 Å². The number of anilines is 1. The lowest BCUT2D eigenvalue weighted by atomic mass is 10.0. The van der Waals surface area contributed by atoms with Crippen LogP contribution in [0.5, 0.6) is 11.5 Å². The fourth-order valence-electron chi connectivity index (χ4n) is 3.26. The third-order valence-corrected chi connectivity index (χ3v) is 6.20. The normalized spacial score (nSPS) is 15.5. The number of nitrogens with one attached hydrogen (secondary N) is 1. The fraction of sp³-hybridized carbons (Fsp3) is 0.304. The van der Waals surface area contributed by atoms with Crippen molar-refractivity contribution < 1.29 is 37.4 Å². The lowest BCUT2D eigenvalue weighted by molar-refractivity contribution is -0.150. The molecule has 0 spiro atoms. The number of carbonyl (C=O) groups is 3. The van der Waals surface area contributed by atoms with Crippen LogP contribution in [0.1, 0.15) is 24.5 Å². The van der Waals surface area contributed by atoms with Crippen LogP contribution in [0, 0.1) is 0 Å². The van der Waals surface area contributed by atoms with Crippen LogP contribution in [-0.2, 0) is 20.9 Å². The van der Waals surface area contributed by atoms with Gasteiger partial charge in [0.1, 0.15) is 0 Å². The van der Waals surface area contributed by atoms with E-state index in [1.165, 1.54) is 18.2 Å². The first-order valence-electron chi connectivity index (χ1n) is 10.4. The first-order chi connectivity index (χ1) is 16.7. The van der Waals surface area contributed by atoms with Gasteiger partial charge in [0, 0.05) is 11.3 Å². The molecule has 0 radical (unpaired) electrons. The molecule has 0 aliphatic carbocycles. The second-order valence-electron chi connectivity index (χ2n) is 7.21. The van der Waals surface area contributed by atoms with E-state index >= 15 is 0 Å². The number of nitrogens with zero attached hydrogens (tertiary/aromatic N) is 2. The summed E-state index contributed by atoms with van der Waals surface area (Å²) in [6.45, 7) is -0.919. The number of carbonyl (C=O) groups excluding carboxylic acids is 3. The number of hydrazone groups is 1. The molecule has 2 amide bonds. The van der Waals surface area contributed by atoms with E-state index in [-0.39, 0.29) is 28.5 Å². The average Bonchev–Trinajstić information content (AvgIpc) is 2.85. The summed E-state index contributed by atoms with van der Waals surface area (Å²) in [5, 5.41) is 7.79. The molecule has 1 aliphatic heterocycles. The molecule has 0 saturated carbocycles. The smallest absolute Gasteiger partial charge is 0.396 e. The Morgan fingerprint density at radius 3 is 2.46 bits per heavy atom. The minimum Gasteiger partial charge on any atom is -0.493 e. The summed E-state index contributed by atoms with van der Waals surface area (Å²) in [6.07, 6.45) is 0.620. The van der Waals surface area contributed by atoms with Crippen LogP contribution in [-0.4, -0.2) is 53.9 Å². The zero-order chi connectivity index (χ0) is 25.5. The van der Waals surface area contributed by atoms with Crippen LogP contribution < -0.4 is 14.8 Å². The van der Waals surface area contributed by atoms with Crippen molar-refractivity contribution in [2.24, 2.45) is 5.10 Å². The number of esters is 1. The van der Waals surface area contributed by atoms with E-state index < -0.39 is 18.5 Å². The molecule has 0 fully saturated rings. The molecular formula is C23H23F2N3O6S. The lowest BCUT2D eigenvalue weighted by Gasteiger charge is -2.28. The van der Waals surface area contributed by atoms with Gasteiger partial charge in [0.05, 0.1) is 31.7 Å². The number of ether oxygens (including phenoxy) is 3. The second-order valence-corrected chi connectivity index (χ2v) is 8.36. The number of rotatable bonds is 8. The Kier molecular flexibility index (Phi) is 8.63. The highest BCUT2D eigenvalue weighted by Gasteiger charge is 2.31. The van der Waals surface area contributed by atoms with Gasteiger partial charge in [0.2, 0.25) is 0 Å². The highest BCUT2D eigenvalue weighted by molar-refractivity contribution is 8.14. The second kappa shape index (κ2) is 11.6. The van der Waals surface area contributed by atoms with Crippen molar-refractivity contribution in [3.05, 3.63) is 53.6 Å². The van der Waals surface area contributed by atoms with Crippen LogP contribution in [0.15, 0.2) is 47.6 Å². The molecule has 1 N–H and O–H groups in total. The van der Waals surface area contributed by atoms with E-state index in [0.717, 1.165) is 24.4 Å². The van der Waals surface area contributed by atoms with Crippen molar-refractivity contribution in [3.63, 3.8) is 0 Å². The molecule has 2 aromatic carbocycles. The Morgan fingerprint density at radius 2 is 1.86 bits per heavy atom. The maximum absolute atomic E-state index is 12.7. The predicted molar refractivity (Wildman–Crippen MR) is 126 cm³/mol. The number of alkyl halides is 2. The monoisotopic (exact) mass is 507 g/mol. The molecule has 1 heterocycles. The van der Waals surface area contributed by atoms with Gasteiger partial charge in [-0.05, 0) is 42.3 Å². The third-order valence-electron chi connectivity index (χ3n) is 4.95. The van der Waals surface area contributed by atoms with Crippen molar-refractivity contribution in [1.29, 1.82) is 0 Å². The molecule has 1 atom stereocenters. The van der Waals surface area contributed by atoms with Gasteiger partial charge in [-0.15, -0.1) is 0 Å². The Balaban J connectivity index is 1.82. The maximum Gasteiger partial charge on any atom is 0.396 e. The topological polar surface area (TPSA) is 107 Å². The number of hydrogen-bond donors (Lipinski definition) is 1. The van der Waals surface area contributed by atoms with Gasteiger partial charge in [0.15, 0.2) is 11.5 Å². The molecule has 0 saturated heterocycles. The maximum atomic E-state index is 12.7. The molecule has 3 rings (SSSR count). The van der Waals surface area contributed by atoms with Gasteiger partial charge in [-0.1, -0.05) is 30.8 Å². The Bertz CT molecular complexity index is 1130. The van der Waals surface area contributed by atoms with Gasteiger partial charge < -0.3 is 19.5 Å². The molecule has 0 aromatic heterocycles. The Labute approximate surface area is 204 Å². The van der Waals surface area contributed by atoms with E-state index in [0.29, 0.717) is 23.4 Å². The predicted octanol–water partition coefficient (Wildman–Crippen LogP) is 4.26. The van der Waals surface area contributed by atoms with Gasteiger partial charge in [0.25, 0.3) is 0 Å². The van der Waals surface area contributed by atoms with Crippen molar-refractivity contribution in [2.45, 2.75) is 31.8 Å². The minimum atomic E-state index is -2.99. The van der Waals surface area contributed by atoms with Crippen LogP contribution in [0.4, 0.5) is 19.3 Å². The number of halogens is 2. The molecule has 35 heavy (non-hydrogen) atoms. The molecule has 186 valence electrons. The molecule has 12 heteroatoms. The molecule has 1 aliphatic rings. The Morgan fingerprint density at radius 1 is 1.14 bits per heavy atom. The Hall–Kier alpha value is -3.67. The van der Waals surface area contributed by atoms with Gasteiger partial charge in [-0.2, -0.15) is 13.9 Å². The largest absolute Gasteiger partial charge is 0.493 e. The van der Waals surface area contributed by atoms with E-state index in [4.69, 9.17) is 4.74 Å². The summed E-state index contributed by atoms with van der Waals surface area (Å²) >= 11 is 1.12. The minimum absolute atomic E-state index is 0.101. The van der Waals surface area contributed by atoms with Crippen LogP contribution in [0.3, 0.4) is 0 Å². The summed E-state index contributed by atoms with van der Waals surface area (Å²) < 4.78 is 39.4. The molecule has 0 bridgehead atoms. The molecule has 1 unspecified atom stereocenters. The lowest BCUT2D eigenvalue weighted by Crippen LogP contribution is -2.34. The number of amides is 2. The summed E-state index contributed by atoms with van der Waals surface area (Å²) in [5.41, 5.74) is 2.32. The summed E-state index contributed by atoms with van der Waals surface area (Å²) in [6, 6.07) is 11.1. The number of thioether (sulfide) groups is 1. The van der Waals surface area contributed by atoms with E-state index in [9.17, 15) is 23.2 Å². The van der Waals surface area contributed by atoms with Gasteiger partial charge in [-0.25, -0.2) is 9.80 Å². The molecule has 9 nitrogen and oxygen atoms in total. The average molecular weight is 508 g/mol. The van der Waals surface area contributed by atoms with Crippen molar-refractivity contribution in [2.75, 3.05) is 19.5 Å². The summed E-state index contributed by atoms with van der Waals surface area (Å²) in [5.74, 6) is -1.89. The van der Waals surface area contributed by atoms with Crippen molar-refractivity contribution >= 4 is 40.3 Å². The summed E-state index contributed by atoms with van der Waals surface area (Å²) in [7, 11) is 2.46. The first-order valence-corrected chi connectivity index (χ1v) is 11.3. The van der Waals surface area contributed by atoms with Crippen molar-refractivity contribution in [1.82, 2.24) is 5.01 Å².